The molecule has 0 atom stereocenters. The Balaban J connectivity index is 2.80. The van der Waals surface area contributed by atoms with Crippen molar-refractivity contribution in [2.45, 2.75) is 0 Å². The number of fused-ring (bicyclic) bond motifs is 1. The van der Waals surface area contributed by atoms with E-state index in [-0.39, 0.29) is 5.69 Å². The molecule has 2 aromatic heterocycles. The average molecular weight is 367 g/mol. The molecule has 0 aliphatic rings. The number of pyridine rings is 1. The number of nitrogens with zero attached hydrogens (tertiary/aromatic N) is 1. The van der Waals surface area contributed by atoms with E-state index in [2.05, 4.69) is 25.9 Å². The summed E-state index contributed by atoms with van der Waals surface area (Å²) in [4.78, 5) is 17.8. The van der Waals surface area contributed by atoms with Crippen molar-refractivity contribution in [3.8, 4) is 0 Å². The molecule has 0 radical (unpaired) electrons. The lowest BCUT2D eigenvalue weighted by molar-refractivity contribution is 0.0690. The monoisotopic (exact) mass is 366 g/mol. The molecule has 0 unspecified atom stereocenters. The van der Waals surface area contributed by atoms with Gasteiger partial charge in [0.15, 0.2) is 0 Å². The third kappa shape index (κ3) is 1.52. The number of halogens is 2. The molecule has 0 bridgehead atoms. The van der Waals surface area contributed by atoms with Gasteiger partial charge < -0.3 is 10.1 Å². The highest BCUT2D eigenvalue weighted by molar-refractivity contribution is 14.1. The van der Waals surface area contributed by atoms with Crippen LogP contribution in [0.1, 0.15) is 10.5 Å². The summed E-state index contributed by atoms with van der Waals surface area (Å²) in [5.74, 6) is -0.969. The van der Waals surface area contributed by atoms with Crippen molar-refractivity contribution in [2.24, 2.45) is 0 Å². The average Bonchev–Trinajstić information content (AvgIpc) is 2.44. The number of aromatic amines is 1. The Morgan fingerprint density at radius 3 is 2.93 bits per heavy atom. The Labute approximate surface area is 101 Å². The molecule has 0 aliphatic carbocycles. The van der Waals surface area contributed by atoms with Crippen molar-refractivity contribution in [2.75, 3.05) is 0 Å². The van der Waals surface area contributed by atoms with Gasteiger partial charge >= 0.3 is 5.97 Å². The molecule has 2 heterocycles. The van der Waals surface area contributed by atoms with Crippen molar-refractivity contribution in [1.82, 2.24) is 9.97 Å². The van der Waals surface area contributed by atoms with Crippen LogP contribution in [0.25, 0.3) is 11.0 Å². The normalized spacial score (nSPS) is 10.7. The summed E-state index contributed by atoms with van der Waals surface area (Å²) in [6.07, 6.45) is 0. The second kappa shape index (κ2) is 3.50. The predicted octanol–water partition coefficient (Wildman–Crippen LogP) is 2.63. The van der Waals surface area contributed by atoms with Crippen LogP contribution in [-0.2, 0) is 0 Å². The smallest absolute Gasteiger partial charge is 0.353 e. The number of hydrogen-bond donors (Lipinski definition) is 2. The molecular weight excluding hydrogens is 363 g/mol. The minimum absolute atomic E-state index is 0.186. The van der Waals surface area contributed by atoms with Crippen LogP contribution >= 0.6 is 38.5 Å². The standard InChI is InChI=1S/C8H4BrIN2O2/c9-4-2-1-3-6(12-4)5(10)7(11-3)8(13)14/h1-2,11H,(H,13,14). The van der Waals surface area contributed by atoms with Gasteiger partial charge in [-0.2, -0.15) is 0 Å². The summed E-state index contributed by atoms with van der Waals surface area (Å²) in [7, 11) is 0. The fraction of sp³-hybridized carbons (Fsp3) is 0. The van der Waals surface area contributed by atoms with Gasteiger partial charge in [-0.1, -0.05) is 0 Å². The molecule has 0 saturated carbocycles. The Bertz CT molecular complexity index is 523. The van der Waals surface area contributed by atoms with E-state index in [1.165, 1.54) is 0 Å². The molecule has 0 amide bonds. The summed E-state index contributed by atoms with van der Waals surface area (Å²) >= 11 is 5.21. The Kier molecular flexibility index (Phi) is 2.48. The predicted molar refractivity (Wildman–Crippen MR) is 63.5 cm³/mol. The first kappa shape index (κ1) is 9.91. The van der Waals surface area contributed by atoms with Gasteiger partial charge in [0.2, 0.25) is 0 Å². The first-order chi connectivity index (χ1) is 6.59. The van der Waals surface area contributed by atoms with Crippen molar-refractivity contribution in [1.29, 1.82) is 0 Å². The number of aromatic carboxylic acids is 1. The SMILES string of the molecule is O=C(O)c1[nH]c2ccc(Br)nc2c1I. The van der Waals surface area contributed by atoms with Crippen LogP contribution in [0.3, 0.4) is 0 Å². The third-order valence-electron chi connectivity index (χ3n) is 1.76. The molecule has 6 heteroatoms. The van der Waals surface area contributed by atoms with E-state index in [0.29, 0.717) is 13.7 Å². The molecule has 14 heavy (non-hydrogen) atoms. The Morgan fingerprint density at radius 2 is 2.29 bits per heavy atom. The van der Waals surface area contributed by atoms with Gasteiger partial charge in [-0.05, 0) is 50.7 Å². The van der Waals surface area contributed by atoms with Gasteiger partial charge in [-0.3, -0.25) is 0 Å². The van der Waals surface area contributed by atoms with Crippen molar-refractivity contribution in [3.63, 3.8) is 0 Å². The van der Waals surface area contributed by atoms with Crippen LogP contribution in [0.15, 0.2) is 16.7 Å². The number of nitrogens with one attached hydrogen (secondary N) is 1. The zero-order chi connectivity index (χ0) is 10.3. The third-order valence-corrected chi connectivity index (χ3v) is 3.25. The zero-order valence-electron chi connectivity index (χ0n) is 6.71. The molecular formula is C8H4BrIN2O2. The van der Waals surface area contributed by atoms with Gasteiger partial charge in [-0.25, -0.2) is 9.78 Å². The van der Waals surface area contributed by atoms with E-state index in [4.69, 9.17) is 5.11 Å². The van der Waals surface area contributed by atoms with Gasteiger partial charge in [-0.15, -0.1) is 0 Å². The fourth-order valence-electron chi connectivity index (χ4n) is 1.16. The summed E-state index contributed by atoms with van der Waals surface area (Å²) in [6.45, 7) is 0. The number of carbonyl (C=O) groups is 1. The van der Waals surface area contributed by atoms with Crippen LogP contribution in [0.4, 0.5) is 0 Å². The van der Waals surface area contributed by atoms with Crippen molar-refractivity contribution in [3.05, 3.63) is 26.0 Å². The molecule has 0 aromatic carbocycles. The molecule has 4 nitrogen and oxygen atoms in total. The molecule has 72 valence electrons. The molecule has 2 aromatic rings. The lowest BCUT2D eigenvalue weighted by Crippen LogP contribution is -1.98. The number of hydrogen-bond acceptors (Lipinski definition) is 2. The second-order valence-electron chi connectivity index (χ2n) is 2.65. The van der Waals surface area contributed by atoms with Crippen LogP contribution in [-0.4, -0.2) is 21.0 Å². The van der Waals surface area contributed by atoms with E-state index in [1.54, 1.807) is 12.1 Å². The fourth-order valence-corrected chi connectivity index (χ4v) is 2.25. The minimum Gasteiger partial charge on any atom is -0.477 e. The summed E-state index contributed by atoms with van der Waals surface area (Å²) < 4.78 is 1.32. The first-order valence-corrected chi connectivity index (χ1v) is 5.54. The largest absolute Gasteiger partial charge is 0.477 e. The maximum absolute atomic E-state index is 10.8. The first-order valence-electron chi connectivity index (χ1n) is 3.66. The maximum Gasteiger partial charge on any atom is 0.353 e. The Hall–Kier alpha value is -0.630. The molecule has 0 fully saturated rings. The van der Waals surface area contributed by atoms with E-state index in [9.17, 15) is 4.79 Å². The van der Waals surface area contributed by atoms with Gasteiger partial charge in [0.1, 0.15) is 15.8 Å². The van der Waals surface area contributed by atoms with Crippen LogP contribution in [0.5, 0.6) is 0 Å². The van der Waals surface area contributed by atoms with E-state index in [1.807, 2.05) is 22.6 Å². The highest BCUT2D eigenvalue weighted by atomic mass is 127. The number of carboxylic acids is 1. The number of rotatable bonds is 1. The summed E-state index contributed by atoms with van der Waals surface area (Å²) in [5.41, 5.74) is 1.60. The van der Waals surface area contributed by atoms with E-state index >= 15 is 0 Å². The lowest BCUT2D eigenvalue weighted by atomic mass is 10.4. The van der Waals surface area contributed by atoms with Crippen LogP contribution in [0.2, 0.25) is 0 Å². The number of carboxylic acid groups (broad SMARTS) is 1. The van der Waals surface area contributed by atoms with Gasteiger partial charge in [0.25, 0.3) is 0 Å². The second-order valence-corrected chi connectivity index (χ2v) is 4.54. The van der Waals surface area contributed by atoms with Crippen LogP contribution < -0.4 is 0 Å². The highest BCUT2D eigenvalue weighted by Gasteiger charge is 2.15. The number of H-pyrrole nitrogens is 1. The maximum atomic E-state index is 10.8. The van der Waals surface area contributed by atoms with E-state index in [0.717, 1.165) is 5.52 Å². The summed E-state index contributed by atoms with van der Waals surface area (Å²) in [5, 5.41) is 8.86. The molecule has 2 N–H and O–H groups in total. The topological polar surface area (TPSA) is 66.0 Å². The molecule has 0 saturated heterocycles. The van der Waals surface area contributed by atoms with Gasteiger partial charge in [0.05, 0.1) is 9.09 Å². The quantitative estimate of drug-likeness (QED) is 0.602. The molecule has 0 aliphatic heterocycles. The van der Waals surface area contributed by atoms with E-state index < -0.39 is 5.97 Å². The Morgan fingerprint density at radius 1 is 1.57 bits per heavy atom. The van der Waals surface area contributed by atoms with Crippen molar-refractivity contribution < 1.29 is 9.90 Å². The molecule has 0 spiro atoms. The lowest BCUT2D eigenvalue weighted by Gasteiger charge is -1.90. The number of aromatic nitrogens is 2. The zero-order valence-corrected chi connectivity index (χ0v) is 10.5. The molecule has 2 rings (SSSR count). The summed E-state index contributed by atoms with van der Waals surface area (Å²) in [6, 6.07) is 3.56. The highest BCUT2D eigenvalue weighted by Crippen LogP contribution is 2.24. The van der Waals surface area contributed by atoms with Crippen LogP contribution in [0, 0.1) is 3.57 Å². The minimum atomic E-state index is -0.969. The van der Waals surface area contributed by atoms with Gasteiger partial charge in [0, 0.05) is 0 Å². The van der Waals surface area contributed by atoms with Crippen molar-refractivity contribution >= 4 is 55.5 Å².